The van der Waals surface area contributed by atoms with Gasteiger partial charge >= 0.3 is 0 Å². The SMILES string of the molecule is Clc1ccc(-n2c(Cc3ccccc3)nnc2SCc2nc(Cc3ccccc3)no2)cc1. The van der Waals surface area contributed by atoms with Crippen molar-refractivity contribution in [1.82, 2.24) is 24.9 Å². The zero-order valence-electron chi connectivity index (χ0n) is 17.6. The summed E-state index contributed by atoms with van der Waals surface area (Å²) < 4.78 is 7.52. The first-order valence-corrected chi connectivity index (χ1v) is 11.8. The van der Waals surface area contributed by atoms with Gasteiger partial charge < -0.3 is 4.52 Å². The molecule has 0 saturated carbocycles. The van der Waals surface area contributed by atoms with Crippen LogP contribution in [0.1, 0.15) is 28.7 Å². The van der Waals surface area contributed by atoms with Crippen LogP contribution < -0.4 is 0 Å². The maximum Gasteiger partial charge on any atom is 0.237 e. The summed E-state index contributed by atoms with van der Waals surface area (Å²) in [5, 5.41) is 14.5. The fourth-order valence-electron chi connectivity index (χ4n) is 3.46. The summed E-state index contributed by atoms with van der Waals surface area (Å²) in [5.41, 5.74) is 3.26. The van der Waals surface area contributed by atoms with Gasteiger partial charge in [-0.1, -0.05) is 89.2 Å². The molecule has 5 rings (SSSR count). The smallest absolute Gasteiger partial charge is 0.237 e. The van der Waals surface area contributed by atoms with Gasteiger partial charge in [-0.3, -0.25) is 4.57 Å². The van der Waals surface area contributed by atoms with Crippen molar-refractivity contribution in [3.63, 3.8) is 0 Å². The molecule has 0 saturated heterocycles. The lowest BCUT2D eigenvalue weighted by atomic mass is 10.1. The molecule has 0 N–H and O–H groups in total. The highest BCUT2D eigenvalue weighted by Gasteiger charge is 2.17. The van der Waals surface area contributed by atoms with E-state index < -0.39 is 0 Å². The van der Waals surface area contributed by atoms with Crippen molar-refractivity contribution in [1.29, 1.82) is 0 Å². The lowest BCUT2D eigenvalue weighted by Crippen LogP contribution is -2.04. The lowest BCUT2D eigenvalue weighted by Gasteiger charge is -2.10. The summed E-state index contributed by atoms with van der Waals surface area (Å²) in [6, 6.07) is 28.0. The molecule has 8 heteroatoms. The van der Waals surface area contributed by atoms with Crippen LogP contribution in [0.4, 0.5) is 0 Å². The summed E-state index contributed by atoms with van der Waals surface area (Å²) in [6.07, 6.45) is 1.30. The van der Waals surface area contributed by atoms with E-state index in [1.807, 2.05) is 72.8 Å². The molecule has 0 aliphatic heterocycles. The van der Waals surface area contributed by atoms with E-state index in [9.17, 15) is 0 Å². The standard InChI is InChI=1S/C25H20ClN5OS/c26-20-11-13-21(14-12-20)31-23(16-19-9-5-2-6-10-19)28-29-25(31)33-17-24-27-22(30-32-24)15-18-7-3-1-4-8-18/h1-14H,15-17H2. The average molecular weight is 474 g/mol. The number of hydrogen-bond acceptors (Lipinski definition) is 6. The molecule has 2 aromatic heterocycles. The Morgan fingerprint density at radius 2 is 1.45 bits per heavy atom. The van der Waals surface area contributed by atoms with Gasteiger partial charge in [-0.15, -0.1) is 10.2 Å². The zero-order valence-corrected chi connectivity index (χ0v) is 19.2. The zero-order chi connectivity index (χ0) is 22.5. The van der Waals surface area contributed by atoms with Crippen molar-refractivity contribution < 1.29 is 4.52 Å². The molecule has 0 radical (unpaired) electrons. The van der Waals surface area contributed by atoms with E-state index in [-0.39, 0.29) is 0 Å². The molecule has 0 spiro atoms. The van der Waals surface area contributed by atoms with Crippen LogP contribution in [0.25, 0.3) is 5.69 Å². The summed E-state index contributed by atoms with van der Waals surface area (Å²) in [6.45, 7) is 0. The van der Waals surface area contributed by atoms with Crippen LogP contribution >= 0.6 is 23.4 Å². The molecule has 164 valence electrons. The normalized spacial score (nSPS) is 11.1. The number of benzene rings is 3. The largest absolute Gasteiger partial charge is 0.338 e. The van der Waals surface area contributed by atoms with Gasteiger partial charge in [0.2, 0.25) is 5.89 Å². The second-order valence-electron chi connectivity index (χ2n) is 7.43. The molecule has 2 heterocycles. The quantitative estimate of drug-likeness (QED) is 0.266. The molecule has 0 bridgehead atoms. The molecule has 0 aliphatic carbocycles. The highest BCUT2D eigenvalue weighted by molar-refractivity contribution is 7.98. The molecule has 0 atom stereocenters. The minimum Gasteiger partial charge on any atom is -0.338 e. The molecular formula is C25H20ClN5OS. The molecule has 5 aromatic rings. The minimum atomic E-state index is 0.499. The van der Waals surface area contributed by atoms with Crippen molar-refractivity contribution in [2.45, 2.75) is 23.8 Å². The third kappa shape index (κ3) is 5.32. The Balaban J connectivity index is 1.36. The molecule has 0 unspecified atom stereocenters. The molecule has 6 nitrogen and oxygen atoms in total. The van der Waals surface area contributed by atoms with Crippen LogP contribution in [0.15, 0.2) is 94.6 Å². The van der Waals surface area contributed by atoms with Gasteiger partial charge in [0.15, 0.2) is 11.0 Å². The molecule has 0 fully saturated rings. The predicted octanol–water partition coefficient (Wildman–Crippen LogP) is 5.78. The Bertz CT molecular complexity index is 1320. The Morgan fingerprint density at radius 3 is 2.15 bits per heavy atom. The van der Waals surface area contributed by atoms with Crippen LogP contribution in [0.2, 0.25) is 5.02 Å². The lowest BCUT2D eigenvalue weighted by molar-refractivity contribution is 0.385. The topological polar surface area (TPSA) is 69.6 Å². The van der Waals surface area contributed by atoms with Crippen molar-refractivity contribution in [3.8, 4) is 5.69 Å². The summed E-state index contributed by atoms with van der Waals surface area (Å²) in [7, 11) is 0. The van der Waals surface area contributed by atoms with Crippen molar-refractivity contribution in [2.75, 3.05) is 0 Å². The van der Waals surface area contributed by atoms with E-state index in [0.717, 1.165) is 22.2 Å². The van der Waals surface area contributed by atoms with E-state index in [0.29, 0.717) is 35.3 Å². The number of thioether (sulfide) groups is 1. The third-order valence-corrected chi connectivity index (χ3v) is 6.20. The van der Waals surface area contributed by atoms with Gasteiger partial charge in [-0.05, 0) is 35.4 Å². The molecular weight excluding hydrogens is 454 g/mol. The first kappa shape index (κ1) is 21.4. The molecule has 0 aliphatic rings. The summed E-state index contributed by atoms with van der Waals surface area (Å²) >= 11 is 7.62. The fourth-order valence-corrected chi connectivity index (χ4v) is 4.40. The monoisotopic (exact) mass is 473 g/mol. The van der Waals surface area contributed by atoms with Crippen LogP contribution in [0.3, 0.4) is 0 Å². The summed E-state index contributed by atoms with van der Waals surface area (Å²) in [5.74, 6) is 2.57. The Hall–Kier alpha value is -3.42. The highest BCUT2D eigenvalue weighted by atomic mass is 35.5. The Morgan fingerprint density at radius 1 is 0.788 bits per heavy atom. The fraction of sp³-hybridized carbons (Fsp3) is 0.120. The number of halogens is 1. The van der Waals surface area contributed by atoms with Crippen LogP contribution in [-0.2, 0) is 18.6 Å². The number of rotatable bonds is 8. The average Bonchev–Trinajstić information content (AvgIpc) is 3.46. The number of nitrogens with zero attached hydrogens (tertiary/aromatic N) is 5. The second-order valence-corrected chi connectivity index (χ2v) is 8.81. The van der Waals surface area contributed by atoms with Crippen molar-refractivity contribution in [3.05, 3.63) is 119 Å². The maximum absolute atomic E-state index is 6.11. The highest BCUT2D eigenvalue weighted by Crippen LogP contribution is 2.27. The Labute approximate surface area is 200 Å². The maximum atomic E-state index is 6.11. The van der Waals surface area contributed by atoms with E-state index in [1.54, 1.807) is 0 Å². The van der Waals surface area contributed by atoms with Crippen LogP contribution in [0.5, 0.6) is 0 Å². The van der Waals surface area contributed by atoms with Crippen molar-refractivity contribution >= 4 is 23.4 Å². The molecule has 0 amide bonds. The summed E-state index contributed by atoms with van der Waals surface area (Å²) in [4.78, 5) is 4.54. The number of hydrogen-bond donors (Lipinski definition) is 0. The van der Waals surface area contributed by atoms with Gasteiger partial charge in [0, 0.05) is 23.6 Å². The first-order chi connectivity index (χ1) is 16.2. The van der Waals surface area contributed by atoms with E-state index in [4.69, 9.17) is 16.1 Å². The molecule has 33 heavy (non-hydrogen) atoms. The molecule has 3 aromatic carbocycles. The van der Waals surface area contributed by atoms with Crippen LogP contribution in [-0.4, -0.2) is 24.9 Å². The minimum absolute atomic E-state index is 0.499. The van der Waals surface area contributed by atoms with Gasteiger partial charge in [0.05, 0.1) is 5.75 Å². The Kier molecular flexibility index (Phi) is 6.51. The van der Waals surface area contributed by atoms with Crippen molar-refractivity contribution in [2.24, 2.45) is 0 Å². The first-order valence-electron chi connectivity index (χ1n) is 10.5. The number of aromatic nitrogens is 5. The van der Waals surface area contributed by atoms with E-state index >= 15 is 0 Å². The van der Waals surface area contributed by atoms with E-state index in [2.05, 4.69) is 37.0 Å². The van der Waals surface area contributed by atoms with Gasteiger partial charge in [-0.2, -0.15) is 4.98 Å². The van der Waals surface area contributed by atoms with E-state index in [1.165, 1.54) is 17.3 Å². The van der Waals surface area contributed by atoms with Gasteiger partial charge in [-0.25, -0.2) is 0 Å². The second kappa shape index (κ2) is 10.0. The predicted molar refractivity (Wildman–Crippen MR) is 129 cm³/mol. The third-order valence-electron chi connectivity index (χ3n) is 5.03. The van der Waals surface area contributed by atoms with Crippen LogP contribution in [0, 0.1) is 0 Å². The van der Waals surface area contributed by atoms with Gasteiger partial charge in [0.1, 0.15) is 5.82 Å². The van der Waals surface area contributed by atoms with Gasteiger partial charge in [0.25, 0.3) is 0 Å².